The lowest BCUT2D eigenvalue weighted by Gasteiger charge is -2.35. The Hall–Kier alpha value is -1.23. The average Bonchev–Trinajstić information content (AvgIpc) is 3.00. The van der Waals surface area contributed by atoms with E-state index in [2.05, 4.69) is 20.2 Å². The average molecular weight is 404 g/mol. The lowest BCUT2D eigenvalue weighted by atomic mass is 10.3. The Morgan fingerprint density at radius 2 is 2.08 bits per heavy atom. The first-order chi connectivity index (χ1) is 12.3. The van der Waals surface area contributed by atoms with Crippen LogP contribution in [0.3, 0.4) is 0 Å². The molecule has 0 unspecified atom stereocenters. The number of thiazole rings is 1. The zero-order valence-electron chi connectivity index (χ0n) is 15.9. The van der Waals surface area contributed by atoms with E-state index >= 15 is 0 Å². The third kappa shape index (κ3) is 5.90. The van der Waals surface area contributed by atoms with Crippen LogP contribution in [0.15, 0.2) is 10.5 Å². The van der Waals surface area contributed by atoms with Gasteiger partial charge in [-0.25, -0.2) is 13.4 Å². The van der Waals surface area contributed by atoms with Crippen molar-refractivity contribution in [3.63, 3.8) is 0 Å². The van der Waals surface area contributed by atoms with Crippen LogP contribution >= 0.6 is 11.3 Å². The fourth-order valence-electron chi connectivity index (χ4n) is 2.68. The summed E-state index contributed by atoms with van der Waals surface area (Å²) in [7, 11) is -1.53. The van der Waals surface area contributed by atoms with E-state index in [9.17, 15) is 8.42 Å². The van der Waals surface area contributed by atoms with Crippen LogP contribution in [0.1, 0.15) is 24.4 Å². The van der Waals surface area contributed by atoms with Crippen molar-refractivity contribution in [2.75, 3.05) is 45.6 Å². The summed E-state index contributed by atoms with van der Waals surface area (Å²) in [4.78, 5) is 11.8. The zero-order chi connectivity index (χ0) is 19.2. The van der Waals surface area contributed by atoms with E-state index in [1.165, 1.54) is 4.88 Å². The van der Waals surface area contributed by atoms with Crippen molar-refractivity contribution < 1.29 is 13.2 Å². The van der Waals surface area contributed by atoms with Gasteiger partial charge in [-0.3, -0.25) is 4.99 Å². The molecule has 2 rings (SSSR count). The molecule has 1 aromatic rings. The number of hydrogen-bond acceptors (Lipinski definition) is 6. The molecule has 1 aliphatic heterocycles. The number of hydrogen-bond donors (Lipinski definition) is 1. The van der Waals surface area contributed by atoms with Gasteiger partial charge in [0.05, 0.1) is 36.2 Å². The van der Waals surface area contributed by atoms with E-state index in [0.29, 0.717) is 32.7 Å². The second-order valence-corrected chi connectivity index (χ2v) is 9.41. The van der Waals surface area contributed by atoms with Crippen molar-refractivity contribution in [1.82, 2.24) is 19.5 Å². The summed E-state index contributed by atoms with van der Waals surface area (Å²) < 4.78 is 31.7. The standard InChI is InChI=1S/C16H29N5O3S2/c1-13(2)24-9-10-26(22,23)21-7-5-20(6-8-21)16(17-4)18-11-15-14(3)19-12-25-15/h12-13H,5-11H2,1-4H3,(H,17,18). The van der Waals surface area contributed by atoms with Gasteiger partial charge < -0.3 is 15.0 Å². The van der Waals surface area contributed by atoms with Crippen molar-refractivity contribution >= 4 is 27.3 Å². The van der Waals surface area contributed by atoms with Crippen LogP contribution in [0.4, 0.5) is 0 Å². The maximum atomic E-state index is 12.4. The van der Waals surface area contributed by atoms with E-state index in [-0.39, 0.29) is 18.5 Å². The lowest BCUT2D eigenvalue weighted by molar-refractivity contribution is 0.0904. The Balaban J connectivity index is 1.83. The molecule has 2 heterocycles. The summed E-state index contributed by atoms with van der Waals surface area (Å²) in [6, 6.07) is 0. The highest BCUT2D eigenvalue weighted by molar-refractivity contribution is 7.89. The monoisotopic (exact) mass is 403 g/mol. The largest absolute Gasteiger partial charge is 0.378 e. The summed E-state index contributed by atoms with van der Waals surface area (Å²) in [6.45, 7) is 8.86. The molecule has 1 saturated heterocycles. The number of nitrogens with one attached hydrogen (secondary N) is 1. The number of aryl methyl sites for hydroxylation is 1. The lowest BCUT2D eigenvalue weighted by Crippen LogP contribution is -2.54. The Morgan fingerprint density at radius 3 is 2.62 bits per heavy atom. The van der Waals surface area contributed by atoms with Crippen LogP contribution in [0, 0.1) is 6.92 Å². The molecule has 1 N–H and O–H groups in total. The highest BCUT2D eigenvalue weighted by Crippen LogP contribution is 2.12. The fraction of sp³-hybridized carbons (Fsp3) is 0.750. The van der Waals surface area contributed by atoms with E-state index in [1.807, 2.05) is 26.3 Å². The number of piperazine rings is 1. The first kappa shape index (κ1) is 21.1. The molecule has 8 nitrogen and oxygen atoms in total. The molecule has 1 fully saturated rings. The Labute approximate surface area is 160 Å². The van der Waals surface area contributed by atoms with Gasteiger partial charge in [-0.2, -0.15) is 4.31 Å². The summed E-state index contributed by atoms with van der Waals surface area (Å²) in [5.74, 6) is 0.820. The van der Waals surface area contributed by atoms with Crippen molar-refractivity contribution in [2.24, 2.45) is 4.99 Å². The molecule has 0 saturated carbocycles. The second-order valence-electron chi connectivity index (χ2n) is 6.38. The third-order valence-corrected chi connectivity index (χ3v) is 6.96. The van der Waals surface area contributed by atoms with Gasteiger partial charge in [0.15, 0.2) is 5.96 Å². The summed E-state index contributed by atoms with van der Waals surface area (Å²) in [5.41, 5.74) is 2.86. The number of aliphatic imine (C=N–C) groups is 1. The first-order valence-corrected chi connectivity index (χ1v) is 11.3. The SMILES string of the molecule is CN=C(NCc1scnc1C)N1CCN(S(=O)(=O)CCOC(C)C)CC1. The summed E-state index contributed by atoms with van der Waals surface area (Å²) in [6.07, 6.45) is 0.0404. The van der Waals surface area contributed by atoms with Crippen molar-refractivity contribution in [2.45, 2.75) is 33.4 Å². The Morgan fingerprint density at radius 1 is 1.38 bits per heavy atom. The molecule has 1 aromatic heterocycles. The summed E-state index contributed by atoms with van der Waals surface area (Å²) >= 11 is 1.62. The molecule has 0 bridgehead atoms. The number of nitrogens with zero attached hydrogens (tertiary/aromatic N) is 4. The maximum absolute atomic E-state index is 12.4. The molecule has 148 valence electrons. The van der Waals surface area contributed by atoms with Crippen LogP contribution in [-0.2, 0) is 21.3 Å². The summed E-state index contributed by atoms with van der Waals surface area (Å²) in [5, 5.41) is 3.34. The molecule has 0 radical (unpaired) electrons. The fourth-order valence-corrected chi connectivity index (χ4v) is 4.69. The van der Waals surface area contributed by atoms with Crippen LogP contribution in [0.25, 0.3) is 0 Å². The highest BCUT2D eigenvalue weighted by atomic mass is 32.2. The molecule has 0 atom stereocenters. The minimum Gasteiger partial charge on any atom is -0.378 e. The number of rotatable bonds is 7. The molecule has 0 aliphatic carbocycles. The van der Waals surface area contributed by atoms with Gasteiger partial charge in [0.2, 0.25) is 10.0 Å². The Bertz CT molecular complexity index is 694. The van der Waals surface area contributed by atoms with E-state index in [4.69, 9.17) is 4.74 Å². The van der Waals surface area contributed by atoms with Crippen molar-refractivity contribution in [1.29, 1.82) is 0 Å². The molecular formula is C16H29N5O3S2. The maximum Gasteiger partial charge on any atom is 0.216 e. The minimum absolute atomic E-state index is 0.0306. The van der Waals surface area contributed by atoms with Crippen molar-refractivity contribution in [3.05, 3.63) is 16.1 Å². The number of guanidine groups is 1. The van der Waals surface area contributed by atoms with Gasteiger partial charge in [0.25, 0.3) is 0 Å². The van der Waals surface area contributed by atoms with Gasteiger partial charge in [-0.15, -0.1) is 11.3 Å². The van der Waals surface area contributed by atoms with Crippen LogP contribution in [-0.4, -0.2) is 80.3 Å². The molecular weight excluding hydrogens is 374 g/mol. The molecule has 26 heavy (non-hydrogen) atoms. The van der Waals surface area contributed by atoms with Crippen LogP contribution in [0.5, 0.6) is 0 Å². The predicted octanol–water partition coefficient (Wildman–Crippen LogP) is 0.899. The smallest absolute Gasteiger partial charge is 0.216 e. The normalized spacial score (nSPS) is 17.1. The Kier molecular flexibility index (Phi) is 7.81. The van der Waals surface area contributed by atoms with Crippen LogP contribution < -0.4 is 5.32 Å². The number of ether oxygens (including phenoxy) is 1. The number of sulfonamides is 1. The van der Waals surface area contributed by atoms with Gasteiger partial charge in [0, 0.05) is 38.1 Å². The molecule has 1 aliphatic rings. The topological polar surface area (TPSA) is 87.1 Å². The van der Waals surface area contributed by atoms with E-state index < -0.39 is 10.0 Å². The van der Waals surface area contributed by atoms with Gasteiger partial charge >= 0.3 is 0 Å². The third-order valence-electron chi connectivity index (χ3n) is 4.19. The van der Waals surface area contributed by atoms with Gasteiger partial charge in [-0.05, 0) is 20.8 Å². The van der Waals surface area contributed by atoms with Gasteiger partial charge in [-0.1, -0.05) is 0 Å². The van der Waals surface area contributed by atoms with Gasteiger partial charge in [0.1, 0.15) is 0 Å². The quantitative estimate of drug-likeness (QED) is 0.538. The van der Waals surface area contributed by atoms with E-state index in [0.717, 1.165) is 11.7 Å². The van der Waals surface area contributed by atoms with Crippen LogP contribution in [0.2, 0.25) is 0 Å². The predicted molar refractivity (Wildman–Crippen MR) is 105 cm³/mol. The zero-order valence-corrected chi connectivity index (χ0v) is 17.6. The molecule has 0 aromatic carbocycles. The van der Waals surface area contributed by atoms with Crippen molar-refractivity contribution in [3.8, 4) is 0 Å². The second kappa shape index (κ2) is 9.63. The van der Waals surface area contributed by atoms with E-state index in [1.54, 1.807) is 22.7 Å². The highest BCUT2D eigenvalue weighted by Gasteiger charge is 2.28. The molecule has 0 spiro atoms. The first-order valence-electron chi connectivity index (χ1n) is 8.77. The molecule has 0 amide bonds. The number of aromatic nitrogens is 1. The minimum atomic E-state index is -3.27. The molecule has 10 heteroatoms.